The molecule has 8 nitrogen and oxygen atoms in total. The minimum atomic E-state index is -1.17. The number of rotatable bonds is 2. The molecule has 2 aliphatic rings. The van der Waals surface area contributed by atoms with E-state index in [4.69, 9.17) is 4.74 Å². The van der Waals surface area contributed by atoms with Crippen molar-refractivity contribution in [3.05, 3.63) is 5.69 Å². The molecule has 2 aromatic heterocycles. The van der Waals surface area contributed by atoms with E-state index in [1.54, 1.807) is 11.6 Å². The molecule has 22 heavy (non-hydrogen) atoms. The van der Waals surface area contributed by atoms with Crippen LogP contribution < -0.4 is 10.1 Å². The molecule has 114 valence electrons. The van der Waals surface area contributed by atoms with Gasteiger partial charge in [-0.25, -0.2) is 9.67 Å². The number of Topliss-reactive ketones (excluding diaryl/α,β-unsaturated/α-hetero) is 1. The minimum Gasteiger partial charge on any atom is -0.456 e. The molecular weight excluding hydrogens is 304 g/mol. The molecule has 0 bridgehead atoms. The number of nitrogens with one attached hydrogen (secondary N) is 1. The number of thioether (sulfide) groups is 1. The average molecular weight is 318 g/mol. The second-order valence-electron chi connectivity index (χ2n) is 5.37. The number of carbonyl (C=O) groups is 1. The van der Waals surface area contributed by atoms with Gasteiger partial charge in [0.15, 0.2) is 10.9 Å². The number of ketones is 1. The molecule has 0 spiro atoms. The number of hydrogen-bond donors (Lipinski definition) is 1. The molecule has 0 aliphatic carbocycles. The topological polar surface area (TPSA) is 94.8 Å². The standard InChI is InChI=1S/C13H14N6O2S/c1-6(20)13(2)9-8-7-10(14-4-5-19(8)18-17-9)15-12(22-3)16-11(7)21-13/h4-5H2,1-3H3,(H,14,15,16). The van der Waals surface area contributed by atoms with Crippen LogP contribution in [-0.4, -0.2) is 43.5 Å². The third-order valence-corrected chi connectivity index (χ3v) is 4.60. The van der Waals surface area contributed by atoms with Crippen molar-refractivity contribution >= 4 is 23.4 Å². The molecule has 1 N–H and O–H groups in total. The molecule has 2 aliphatic heterocycles. The Kier molecular flexibility index (Phi) is 2.71. The summed E-state index contributed by atoms with van der Waals surface area (Å²) < 4.78 is 7.74. The van der Waals surface area contributed by atoms with Crippen molar-refractivity contribution in [3.63, 3.8) is 0 Å². The summed E-state index contributed by atoms with van der Waals surface area (Å²) in [6.45, 7) is 4.51. The second kappa shape index (κ2) is 4.42. The molecule has 0 aromatic carbocycles. The van der Waals surface area contributed by atoms with Gasteiger partial charge in [0, 0.05) is 6.54 Å². The van der Waals surface area contributed by atoms with Crippen molar-refractivity contribution in [2.24, 2.45) is 0 Å². The molecule has 0 radical (unpaired) electrons. The fraction of sp³-hybridized carbons (Fsp3) is 0.462. The number of hydrogen-bond acceptors (Lipinski definition) is 8. The lowest BCUT2D eigenvalue weighted by atomic mass is 9.91. The first-order chi connectivity index (χ1) is 10.5. The van der Waals surface area contributed by atoms with Crippen molar-refractivity contribution in [3.8, 4) is 17.1 Å². The SMILES string of the molecule is CSc1nc2c3c(n1)OC(C)(C(C)=O)c1nnn(c1-3)CCN2. The van der Waals surface area contributed by atoms with Crippen LogP contribution in [0.3, 0.4) is 0 Å². The number of carbonyl (C=O) groups excluding carboxylic acids is 1. The Balaban J connectivity index is 2.07. The molecule has 0 fully saturated rings. The zero-order valence-electron chi connectivity index (χ0n) is 12.4. The monoisotopic (exact) mass is 318 g/mol. The lowest BCUT2D eigenvalue weighted by Crippen LogP contribution is -2.40. The van der Waals surface area contributed by atoms with E-state index in [-0.39, 0.29) is 5.78 Å². The van der Waals surface area contributed by atoms with Crippen molar-refractivity contribution in [2.45, 2.75) is 31.1 Å². The highest BCUT2D eigenvalue weighted by Crippen LogP contribution is 2.47. The van der Waals surface area contributed by atoms with Crippen molar-refractivity contribution in [2.75, 3.05) is 18.1 Å². The molecular formula is C13H14N6O2S. The van der Waals surface area contributed by atoms with E-state index in [0.29, 0.717) is 35.6 Å². The Bertz CT molecular complexity index is 804. The highest BCUT2D eigenvalue weighted by atomic mass is 32.2. The zero-order chi connectivity index (χ0) is 15.5. The Morgan fingerprint density at radius 2 is 2.27 bits per heavy atom. The quantitative estimate of drug-likeness (QED) is 0.649. The van der Waals surface area contributed by atoms with Gasteiger partial charge in [-0.3, -0.25) is 4.79 Å². The maximum atomic E-state index is 12.2. The first-order valence-corrected chi connectivity index (χ1v) is 8.11. The summed E-state index contributed by atoms with van der Waals surface area (Å²) >= 11 is 1.43. The molecule has 9 heteroatoms. The summed E-state index contributed by atoms with van der Waals surface area (Å²) in [5, 5.41) is 12.2. The van der Waals surface area contributed by atoms with Gasteiger partial charge in [0.1, 0.15) is 22.8 Å². The van der Waals surface area contributed by atoms with Gasteiger partial charge in [-0.15, -0.1) is 5.10 Å². The normalized spacial score (nSPS) is 21.4. The van der Waals surface area contributed by atoms with E-state index in [1.165, 1.54) is 18.7 Å². The van der Waals surface area contributed by atoms with E-state index in [2.05, 4.69) is 25.6 Å². The summed E-state index contributed by atoms with van der Waals surface area (Å²) in [5.74, 6) is 0.962. The Hall–Kier alpha value is -2.16. The molecule has 1 atom stereocenters. The van der Waals surface area contributed by atoms with E-state index < -0.39 is 5.60 Å². The van der Waals surface area contributed by atoms with Crippen LogP contribution in [0.1, 0.15) is 19.5 Å². The van der Waals surface area contributed by atoms with E-state index in [0.717, 1.165) is 11.3 Å². The van der Waals surface area contributed by atoms with E-state index in [9.17, 15) is 4.79 Å². The van der Waals surface area contributed by atoms with Gasteiger partial charge in [-0.05, 0) is 20.1 Å². The van der Waals surface area contributed by atoms with E-state index >= 15 is 0 Å². The number of ether oxygens (including phenoxy) is 1. The number of nitrogens with zero attached hydrogens (tertiary/aromatic N) is 5. The predicted molar refractivity (Wildman–Crippen MR) is 80.0 cm³/mol. The molecule has 1 unspecified atom stereocenters. The fourth-order valence-corrected chi connectivity index (χ4v) is 3.08. The Morgan fingerprint density at radius 3 is 3.00 bits per heavy atom. The third-order valence-electron chi connectivity index (χ3n) is 4.05. The molecule has 0 saturated heterocycles. The van der Waals surface area contributed by atoms with Crippen LogP contribution in [-0.2, 0) is 16.9 Å². The summed E-state index contributed by atoms with van der Waals surface area (Å²) in [7, 11) is 0. The fourth-order valence-electron chi connectivity index (χ4n) is 2.73. The van der Waals surface area contributed by atoms with Crippen LogP contribution in [0.4, 0.5) is 5.82 Å². The maximum absolute atomic E-state index is 12.2. The van der Waals surface area contributed by atoms with Crippen molar-refractivity contribution < 1.29 is 9.53 Å². The van der Waals surface area contributed by atoms with Gasteiger partial charge in [0.05, 0.1) is 6.54 Å². The molecule has 0 saturated carbocycles. The summed E-state index contributed by atoms with van der Waals surface area (Å²) in [4.78, 5) is 21.1. The van der Waals surface area contributed by atoms with Gasteiger partial charge in [-0.2, -0.15) is 4.98 Å². The highest BCUT2D eigenvalue weighted by Gasteiger charge is 2.47. The molecule has 0 amide bonds. The lowest BCUT2D eigenvalue weighted by Gasteiger charge is -2.31. The first-order valence-electron chi connectivity index (χ1n) is 6.89. The average Bonchev–Trinajstić information content (AvgIpc) is 2.83. The van der Waals surface area contributed by atoms with Gasteiger partial charge in [0.2, 0.25) is 11.5 Å². The van der Waals surface area contributed by atoms with Gasteiger partial charge in [0.25, 0.3) is 0 Å². The van der Waals surface area contributed by atoms with Crippen LogP contribution in [0.25, 0.3) is 11.3 Å². The van der Waals surface area contributed by atoms with Crippen molar-refractivity contribution in [1.82, 2.24) is 25.0 Å². The molecule has 4 rings (SSSR count). The lowest BCUT2D eigenvalue weighted by molar-refractivity contribution is -0.132. The maximum Gasteiger partial charge on any atom is 0.230 e. The Labute approximate surface area is 130 Å². The predicted octanol–water partition coefficient (Wildman–Crippen LogP) is 1.08. The van der Waals surface area contributed by atoms with E-state index in [1.807, 2.05) is 6.26 Å². The summed E-state index contributed by atoms with van der Waals surface area (Å²) in [6.07, 6.45) is 1.90. The summed E-state index contributed by atoms with van der Waals surface area (Å²) in [6, 6.07) is 0. The number of anilines is 1. The number of aromatic nitrogens is 5. The molecule has 4 heterocycles. The third kappa shape index (κ3) is 1.62. The first kappa shape index (κ1) is 13.5. The van der Waals surface area contributed by atoms with Crippen LogP contribution in [0.15, 0.2) is 5.16 Å². The largest absolute Gasteiger partial charge is 0.456 e. The highest BCUT2D eigenvalue weighted by molar-refractivity contribution is 7.98. The Morgan fingerprint density at radius 1 is 1.45 bits per heavy atom. The van der Waals surface area contributed by atoms with Crippen LogP contribution in [0.5, 0.6) is 5.88 Å². The van der Waals surface area contributed by atoms with Crippen LogP contribution in [0.2, 0.25) is 0 Å². The molecule has 2 aromatic rings. The van der Waals surface area contributed by atoms with Crippen molar-refractivity contribution in [1.29, 1.82) is 0 Å². The van der Waals surface area contributed by atoms with Crippen LogP contribution in [0, 0.1) is 0 Å². The zero-order valence-corrected chi connectivity index (χ0v) is 13.2. The van der Waals surface area contributed by atoms with Crippen LogP contribution >= 0.6 is 11.8 Å². The van der Waals surface area contributed by atoms with Gasteiger partial charge in [-0.1, -0.05) is 17.0 Å². The summed E-state index contributed by atoms with van der Waals surface area (Å²) in [5.41, 5.74) is 0.852. The van der Waals surface area contributed by atoms with Gasteiger partial charge < -0.3 is 10.1 Å². The minimum absolute atomic E-state index is 0.135. The smallest absolute Gasteiger partial charge is 0.230 e. The van der Waals surface area contributed by atoms with Gasteiger partial charge >= 0.3 is 0 Å². The second-order valence-corrected chi connectivity index (χ2v) is 6.14.